The third-order valence-electron chi connectivity index (χ3n) is 2.73. The molecule has 0 atom stereocenters. The number of halogens is 2. The van der Waals surface area contributed by atoms with Gasteiger partial charge in [-0.2, -0.15) is 0 Å². The molecule has 0 saturated heterocycles. The maximum atomic E-state index is 13.5. The van der Waals surface area contributed by atoms with Crippen molar-refractivity contribution >= 4 is 17.4 Å². The number of carbonyl (C=O) groups is 2. The number of amides is 1. The molecule has 0 radical (unpaired) electrons. The van der Waals surface area contributed by atoms with E-state index >= 15 is 0 Å². The molecule has 2 rings (SSSR count). The lowest BCUT2D eigenvalue weighted by Gasteiger charge is -2.09. The highest BCUT2D eigenvalue weighted by atomic mass is 19.1. The van der Waals surface area contributed by atoms with Gasteiger partial charge in [-0.05, 0) is 37.3 Å². The molecular weight excluding hydrogens is 264 g/mol. The third kappa shape index (κ3) is 2.88. The van der Waals surface area contributed by atoms with Crippen molar-refractivity contribution in [1.29, 1.82) is 0 Å². The van der Waals surface area contributed by atoms with Gasteiger partial charge in [0, 0.05) is 5.56 Å². The van der Waals surface area contributed by atoms with Gasteiger partial charge in [0.05, 0.1) is 11.3 Å². The number of hydrogen-bond acceptors (Lipinski definition) is 2. The summed E-state index contributed by atoms with van der Waals surface area (Å²) in [5.41, 5.74) is 0.148. The van der Waals surface area contributed by atoms with E-state index < -0.39 is 23.1 Å². The maximum absolute atomic E-state index is 13.5. The number of anilines is 1. The molecule has 0 fully saturated rings. The summed E-state index contributed by atoms with van der Waals surface area (Å²) in [6.07, 6.45) is 0. The summed E-state index contributed by atoms with van der Waals surface area (Å²) in [4.78, 5) is 23.4. The van der Waals surface area contributed by atoms with E-state index in [1.54, 1.807) is 18.2 Å². The molecular formula is C15H11F2NO2. The summed E-state index contributed by atoms with van der Waals surface area (Å²) in [6, 6.07) is 8.95. The van der Waals surface area contributed by atoms with Crippen LogP contribution in [0.15, 0.2) is 42.5 Å². The summed E-state index contributed by atoms with van der Waals surface area (Å²) >= 11 is 0. The van der Waals surface area contributed by atoms with Gasteiger partial charge in [0.25, 0.3) is 5.91 Å². The minimum atomic E-state index is -0.829. The molecule has 0 aliphatic heterocycles. The van der Waals surface area contributed by atoms with Crippen molar-refractivity contribution in [3.05, 3.63) is 65.2 Å². The molecule has 0 unspecified atom stereocenters. The van der Waals surface area contributed by atoms with Crippen molar-refractivity contribution in [3.8, 4) is 0 Å². The van der Waals surface area contributed by atoms with E-state index in [0.29, 0.717) is 5.56 Å². The molecule has 2 aromatic rings. The fraction of sp³-hybridized carbons (Fsp3) is 0.0667. The normalized spacial score (nSPS) is 10.2. The van der Waals surface area contributed by atoms with Gasteiger partial charge < -0.3 is 5.32 Å². The third-order valence-corrected chi connectivity index (χ3v) is 2.73. The first kappa shape index (κ1) is 13.9. The number of benzene rings is 2. The van der Waals surface area contributed by atoms with Crippen LogP contribution in [0.25, 0.3) is 0 Å². The summed E-state index contributed by atoms with van der Waals surface area (Å²) < 4.78 is 26.5. The molecule has 1 amide bonds. The highest BCUT2D eigenvalue weighted by Crippen LogP contribution is 2.18. The molecule has 5 heteroatoms. The lowest BCUT2D eigenvalue weighted by molar-refractivity contribution is 0.101. The largest absolute Gasteiger partial charge is 0.321 e. The van der Waals surface area contributed by atoms with Crippen LogP contribution in [-0.2, 0) is 0 Å². The molecule has 0 aliphatic rings. The molecule has 0 bridgehead atoms. The molecule has 102 valence electrons. The van der Waals surface area contributed by atoms with E-state index in [1.165, 1.54) is 13.0 Å². The van der Waals surface area contributed by atoms with Gasteiger partial charge in [-0.1, -0.05) is 12.1 Å². The summed E-state index contributed by atoms with van der Waals surface area (Å²) in [7, 11) is 0. The van der Waals surface area contributed by atoms with Gasteiger partial charge in [0.15, 0.2) is 5.78 Å². The quantitative estimate of drug-likeness (QED) is 0.872. The van der Waals surface area contributed by atoms with Crippen LogP contribution in [0.5, 0.6) is 0 Å². The molecule has 0 heterocycles. The molecule has 0 aromatic heterocycles. The minimum absolute atomic E-state index is 0.236. The predicted molar refractivity (Wildman–Crippen MR) is 70.8 cm³/mol. The SMILES string of the molecule is CC(=O)c1ccccc1NC(=O)c1cc(F)ccc1F. The minimum Gasteiger partial charge on any atom is -0.321 e. The lowest BCUT2D eigenvalue weighted by atomic mass is 10.1. The van der Waals surface area contributed by atoms with E-state index in [-0.39, 0.29) is 11.5 Å². The number of carbonyl (C=O) groups excluding carboxylic acids is 2. The van der Waals surface area contributed by atoms with Crippen molar-refractivity contribution < 1.29 is 18.4 Å². The Bertz CT molecular complexity index is 683. The van der Waals surface area contributed by atoms with Crippen molar-refractivity contribution in [2.75, 3.05) is 5.32 Å². The Balaban J connectivity index is 2.33. The van der Waals surface area contributed by atoms with Crippen molar-refractivity contribution in [2.45, 2.75) is 6.92 Å². The number of Topliss-reactive ketones (excluding diaryl/α,β-unsaturated/α-hetero) is 1. The van der Waals surface area contributed by atoms with Crippen LogP contribution in [-0.4, -0.2) is 11.7 Å². The highest BCUT2D eigenvalue weighted by molar-refractivity contribution is 6.09. The van der Waals surface area contributed by atoms with Gasteiger partial charge in [0.1, 0.15) is 11.6 Å². The maximum Gasteiger partial charge on any atom is 0.258 e. The van der Waals surface area contributed by atoms with Crippen LogP contribution < -0.4 is 5.32 Å². The average Bonchev–Trinajstić information content (AvgIpc) is 2.41. The van der Waals surface area contributed by atoms with E-state index in [0.717, 1.165) is 18.2 Å². The Labute approximate surface area is 114 Å². The number of nitrogens with one attached hydrogen (secondary N) is 1. The zero-order valence-corrected chi connectivity index (χ0v) is 10.6. The zero-order chi connectivity index (χ0) is 14.7. The van der Waals surface area contributed by atoms with Crippen LogP contribution in [0, 0.1) is 11.6 Å². The second kappa shape index (κ2) is 5.61. The average molecular weight is 275 g/mol. The molecule has 1 N–H and O–H groups in total. The Kier molecular flexibility index (Phi) is 3.89. The van der Waals surface area contributed by atoms with E-state index in [1.807, 2.05) is 0 Å². The first-order chi connectivity index (χ1) is 9.49. The standard InChI is InChI=1S/C15H11F2NO2/c1-9(19)11-4-2-3-5-14(11)18-15(20)12-8-10(16)6-7-13(12)17/h2-8H,1H3,(H,18,20). The fourth-order valence-corrected chi connectivity index (χ4v) is 1.76. The Morgan fingerprint density at radius 1 is 1.00 bits per heavy atom. The van der Waals surface area contributed by atoms with Crippen molar-refractivity contribution in [1.82, 2.24) is 0 Å². The highest BCUT2D eigenvalue weighted by Gasteiger charge is 2.15. The summed E-state index contributed by atoms with van der Waals surface area (Å²) in [6.45, 7) is 1.35. The molecule has 3 nitrogen and oxygen atoms in total. The molecule has 0 spiro atoms. The van der Waals surface area contributed by atoms with Gasteiger partial charge in [-0.25, -0.2) is 8.78 Å². The van der Waals surface area contributed by atoms with Crippen LogP contribution in [0.4, 0.5) is 14.5 Å². The number of hydrogen-bond donors (Lipinski definition) is 1. The molecule has 2 aromatic carbocycles. The Hall–Kier alpha value is -2.56. The lowest BCUT2D eigenvalue weighted by Crippen LogP contribution is -2.16. The van der Waals surface area contributed by atoms with E-state index in [9.17, 15) is 18.4 Å². The first-order valence-electron chi connectivity index (χ1n) is 5.85. The van der Waals surface area contributed by atoms with E-state index in [4.69, 9.17) is 0 Å². The van der Waals surface area contributed by atoms with Gasteiger partial charge in [0.2, 0.25) is 0 Å². The number of rotatable bonds is 3. The molecule has 0 saturated carbocycles. The Morgan fingerprint density at radius 3 is 2.40 bits per heavy atom. The summed E-state index contributed by atoms with van der Waals surface area (Å²) in [5, 5.41) is 2.41. The molecule has 0 aliphatic carbocycles. The van der Waals surface area contributed by atoms with Gasteiger partial charge >= 0.3 is 0 Å². The van der Waals surface area contributed by atoms with Crippen LogP contribution >= 0.6 is 0 Å². The fourth-order valence-electron chi connectivity index (χ4n) is 1.76. The zero-order valence-electron chi connectivity index (χ0n) is 10.6. The monoisotopic (exact) mass is 275 g/mol. The van der Waals surface area contributed by atoms with Gasteiger partial charge in [-0.15, -0.1) is 0 Å². The van der Waals surface area contributed by atoms with Crippen LogP contribution in [0.2, 0.25) is 0 Å². The smallest absolute Gasteiger partial charge is 0.258 e. The Morgan fingerprint density at radius 2 is 1.70 bits per heavy atom. The van der Waals surface area contributed by atoms with Crippen molar-refractivity contribution in [3.63, 3.8) is 0 Å². The number of para-hydroxylation sites is 1. The second-order valence-corrected chi connectivity index (χ2v) is 4.18. The predicted octanol–water partition coefficient (Wildman–Crippen LogP) is 3.42. The topological polar surface area (TPSA) is 46.2 Å². The molecule has 20 heavy (non-hydrogen) atoms. The second-order valence-electron chi connectivity index (χ2n) is 4.18. The van der Waals surface area contributed by atoms with Crippen molar-refractivity contribution in [2.24, 2.45) is 0 Å². The number of ketones is 1. The van der Waals surface area contributed by atoms with E-state index in [2.05, 4.69) is 5.32 Å². The van der Waals surface area contributed by atoms with Crippen LogP contribution in [0.1, 0.15) is 27.6 Å². The summed E-state index contributed by atoms with van der Waals surface area (Å²) in [5.74, 6) is -2.59. The first-order valence-corrected chi connectivity index (χ1v) is 5.85. The van der Waals surface area contributed by atoms with Gasteiger partial charge in [-0.3, -0.25) is 9.59 Å². The van der Waals surface area contributed by atoms with Crippen LogP contribution in [0.3, 0.4) is 0 Å².